The highest BCUT2D eigenvalue weighted by Gasteiger charge is 2.33. The number of amides is 1. The van der Waals surface area contributed by atoms with E-state index in [0.717, 1.165) is 58.5 Å². The smallest absolute Gasteiger partial charge is 0.409 e. The Balaban J connectivity index is 1.32. The van der Waals surface area contributed by atoms with Gasteiger partial charge in [-0.1, -0.05) is 6.07 Å². The number of nitrogens with zero attached hydrogens (tertiary/aromatic N) is 7. The number of anilines is 2. The molecular weight excluding hydrogens is 573 g/mol. The lowest BCUT2D eigenvalue weighted by atomic mass is 9.97. The lowest BCUT2D eigenvalue weighted by Gasteiger charge is -2.39. The fourth-order valence-corrected chi connectivity index (χ4v) is 6.60. The summed E-state index contributed by atoms with van der Waals surface area (Å²) < 4.78 is 44.2. The molecule has 6 rings (SSSR count). The van der Waals surface area contributed by atoms with Gasteiger partial charge >= 0.3 is 6.18 Å². The first-order chi connectivity index (χ1) is 21.1. The minimum Gasteiger partial charge on any atom is -0.475 e. The van der Waals surface area contributed by atoms with Gasteiger partial charge in [-0.25, -0.2) is 4.98 Å². The molecule has 0 bridgehead atoms. The lowest BCUT2D eigenvalue weighted by Crippen LogP contribution is -2.49. The van der Waals surface area contributed by atoms with E-state index in [0.29, 0.717) is 56.7 Å². The first-order valence-corrected chi connectivity index (χ1v) is 14.9. The Morgan fingerprint density at radius 1 is 1.16 bits per heavy atom. The zero-order valence-corrected chi connectivity index (χ0v) is 24.8. The molecule has 1 atom stereocenters. The van der Waals surface area contributed by atoms with Crippen LogP contribution in [0.2, 0.25) is 0 Å². The van der Waals surface area contributed by atoms with Crippen LogP contribution in [-0.2, 0) is 17.8 Å². The fraction of sp³-hybridized carbons (Fsp3) is 0.484. The Bertz CT molecular complexity index is 1620. The molecule has 1 amide bonds. The Morgan fingerprint density at radius 3 is 2.66 bits per heavy atom. The standard InChI is InChI=1S/C31H35F3N8O2/c1-20-5-6-25-24(17-36-38-25)28(20)42-11-8-22-26(18-42)37-30(44-19-21-4-3-10-39(21)2)23(16-35)29(22)41-14-12-40(13-15-41)27(43)7-9-31(32,33)34/h5-7,9,17,21H,3-4,8,10-15,18-19H2,1-2H3,(H,36,38)/b9-7+/t21-/m0/s1. The van der Waals surface area contributed by atoms with E-state index in [2.05, 4.69) is 51.0 Å². The number of aromatic amines is 1. The van der Waals surface area contributed by atoms with E-state index in [9.17, 15) is 23.2 Å². The summed E-state index contributed by atoms with van der Waals surface area (Å²) in [7, 11) is 2.07. The van der Waals surface area contributed by atoms with Gasteiger partial charge in [0.05, 0.1) is 35.3 Å². The van der Waals surface area contributed by atoms with Crippen LogP contribution in [0.5, 0.6) is 5.88 Å². The van der Waals surface area contributed by atoms with Gasteiger partial charge in [-0.05, 0) is 51.4 Å². The summed E-state index contributed by atoms with van der Waals surface area (Å²) in [6.07, 6.45) is 0.575. The Labute approximate surface area is 253 Å². The molecule has 13 heteroatoms. The molecule has 3 aromatic rings. The number of halogens is 3. The van der Waals surface area contributed by atoms with E-state index >= 15 is 0 Å². The van der Waals surface area contributed by atoms with Crippen LogP contribution in [0.25, 0.3) is 10.9 Å². The van der Waals surface area contributed by atoms with Gasteiger partial charge in [0, 0.05) is 61.9 Å². The van der Waals surface area contributed by atoms with Crippen LogP contribution in [0.15, 0.2) is 30.5 Å². The number of rotatable bonds is 6. The number of carbonyl (C=O) groups excluding carboxylic acids is 1. The van der Waals surface area contributed by atoms with E-state index in [1.165, 1.54) is 4.90 Å². The van der Waals surface area contributed by atoms with Crippen LogP contribution in [0.3, 0.4) is 0 Å². The van der Waals surface area contributed by atoms with E-state index < -0.39 is 12.1 Å². The number of hydrogen-bond donors (Lipinski definition) is 1. The largest absolute Gasteiger partial charge is 0.475 e. The molecule has 3 aliphatic heterocycles. The molecule has 0 spiro atoms. The number of nitriles is 1. The summed E-state index contributed by atoms with van der Waals surface area (Å²) in [6.45, 7) is 5.92. The van der Waals surface area contributed by atoms with Gasteiger partial charge in [-0.15, -0.1) is 0 Å². The van der Waals surface area contributed by atoms with Gasteiger partial charge in [0.15, 0.2) is 0 Å². The predicted octanol–water partition coefficient (Wildman–Crippen LogP) is 3.94. The number of likely N-dealkylation sites (tertiary alicyclic amines) is 1. The molecule has 1 aromatic carbocycles. The monoisotopic (exact) mass is 608 g/mol. The second-order valence-electron chi connectivity index (χ2n) is 11.7. The summed E-state index contributed by atoms with van der Waals surface area (Å²) in [5, 5.41) is 18.7. The number of carbonyl (C=O) groups is 1. The van der Waals surface area contributed by atoms with Crippen LogP contribution in [0, 0.1) is 18.3 Å². The average molecular weight is 609 g/mol. The van der Waals surface area contributed by atoms with Gasteiger partial charge in [0.25, 0.3) is 0 Å². The SMILES string of the molecule is Cc1ccc2[nH]ncc2c1N1CCc2c(nc(OC[C@@H]3CCCN3C)c(C#N)c2N2CCN(C(=O)/C=C/C(F)(F)F)CC2)C1. The average Bonchev–Trinajstić information content (AvgIpc) is 3.66. The van der Waals surface area contributed by atoms with Crippen molar-refractivity contribution in [3.05, 3.63) is 52.9 Å². The van der Waals surface area contributed by atoms with Crippen molar-refractivity contribution in [1.29, 1.82) is 5.26 Å². The minimum atomic E-state index is -4.55. The highest BCUT2D eigenvalue weighted by Crippen LogP contribution is 2.40. The second-order valence-corrected chi connectivity index (χ2v) is 11.7. The maximum absolute atomic E-state index is 12.6. The number of piperazine rings is 1. The third-order valence-corrected chi connectivity index (χ3v) is 8.93. The van der Waals surface area contributed by atoms with Crippen molar-refractivity contribution < 1.29 is 22.7 Å². The number of hydrogen-bond acceptors (Lipinski definition) is 8. The molecule has 10 nitrogen and oxygen atoms in total. The van der Waals surface area contributed by atoms with Gasteiger partial charge in [0.2, 0.25) is 11.8 Å². The predicted molar refractivity (Wildman–Crippen MR) is 160 cm³/mol. The van der Waals surface area contributed by atoms with E-state index in [1.54, 1.807) is 0 Å². The molecule has 2 aromatic heterocycles. The highest BCUT2D eigenvalue weighted by atomic mass is 19.4. The highest BCUT2D eigenvalue weighted by molar-refractivity contribution is 5.93. The number of pyridine rings is 1. The molecule has 1 N–H and O–H groups in total. The van der Waals surface area contributed by atoms with Crippen molar-refractivity contribution in [2.75, 3.05) is 62.7 Å². The Kier molecular flexibility index (Phi) is 8.11. The van der Waals surface area contributed by atoms with Gasteiger partial charge in [0.1, 0.15) is 18.2 Å². The number of ether oxygens (including phenoxy) is 1. The maximum Gasteiger partial charge on any atom is 0.409 e. The summed E-state index contributed by atoms with van der Waals surface area (Å²) >= 11 is 0. The Morgan fingerprint density at radius 2 is 1.95 bits per heavy atom. The molecule has 0 saturated carbocycles. The molecule has 44 heavy (non-hydrogen) atoms. The first-order valence-electron chi connectivity index (χ1n) is 14.9. The van der Waals surface area contributed by atoms with Crippen molar-refractivity contribution in [3.8, 4) is 11.9 Å². The van der Waals surface area contributed by atoms with Gasteiger partial charge in [-0.3, -0.25) is 9.89 Å². The van der Waals surface area contributed by atoms with Crippen molar-refractivity contribution in [3.63, 3.8) is 0 Å². The number of H-pyrrole nitrogens is 1. The van der Waals surface area contributed by atoms with E-state index in [1.807, 2.05) is 12.3 Å². The zero-order chi connectivity index (χ0) is 31.0. The quantitative estimate of drug-likeness (QED) is 0.420. The topological polar surface area (TPSA) is 105 Å². The zero-order valence-electron chi connectivity index (χ0n) is 24.8. The number of fused-ring (bicyclic) bond motifs is 2. The van der Waals surface area contributed by atoms with Crippen LogP contribution in [0.4, 0.5) is 24.5 Å². The molecular formula is C31H35F3N8O2. The van der Waals surface area contributed by atoms with Crippen LogP contribution in [0.1, 0.15) is 35.2 Å². The third kappa shape index (κ3) is 5.91. The normalized spacial score (nSPS) is 19.5. The van der Waals surface area contributed by atoms with E-state index in [4.69, 9.17) is 9.72 Å². The molecule has 2 fully saturated rings. The molecule has 232 valence electrons. The number of allylic oxidation sites excluding steroid dienone is 1. The number of benzene rings is 1. The molecule has 2 saturated heterocycles. The first kappa shape index (κ1) is 29.7. The summed E-state index contributed by atoms with van der Waals surface area (Å²) in [5.74, 6) is -0.378. The summed E-state index contributed by atoms with van der Waals surface area (Å²) in [4.78, 5) is 25.4. The molecule has 3 aliphatic rings. The molecule has 5 heterocycles. The van der Waals surface area contributed by atoms with E-state index in [-0.39, 0.29) is 25.2 Å². The fourth-order valence-electron chi connectivity index (χ4n) is 6.60. The van der Waals surface area contributed by atoms with Gasteiger partial charge < -0.3 is 24.3 Å². The third-order valence-electron chi connectivity index (χ3n) is 8.93. The van der Waals surface area contributed by atoms with Gasteiger partial charge in [-0.2, -0.15) is 23.5 Å². The van der Waals surface area contributed by atoms with Crippen LogP contribution >= 0.6 is 0 Å². The van der Waals surface area contributed by atoms with Crippen molar-refractivity contribution in [2.24, 2.45) is 0 Å². The number of aromatic nitrogens is 3. The lowest BCUT2D eigenvalue weighted by molar-refractivity contribution is -0.127. The van der Waals surface area contributed by atoms with Crippen LogP contribution in [-0.4, -0.2) is 96.0 Å². The summed E-state index contributed by atoms with van der Waals surface area (Å²) in [6, 6.07) is 6.68. The second kappa shape index (κ2) is 12.0. The summed E-state index contributed by atoms with van der Waals surface area (Å²) in [5.41, 5.74) is 6.07. The Hall–Kier alpha value is -4.31. The molecule has 0 aliphatic carbocycles. The maximum atomic E-state index is 12.6. The van der Waals surface area contributed by atoms with Crippen molar-refractivity contribution >= 4 is 28.2 Å². The van der Waals surface area contributed by atoms with Crippen LogP contribution < -0.4 is 14.5 Å². The number of nitrogens with one attached hydrogen (secondary N) is 1. The molecule has 0 radical (unpaired) electrons. The van der Waals surface area contributed by atoms with Crippen molar-refractivity contribution in [1.82, 2.24) is 25.0 Å². The number of likely N-dealkylation sites (N-methyl/N-ethyl adjacent to an activating group) is 1. The van der Waals surface area contributed by atoms with Crippen molar-refractivity contribution in [2.45, 2.75) is 44.9 Å². The number of alkyl halides is 3. The number of aryl methyl sites for hydroxylation is 1. The molecule has 0 unspecified atom stereocenters. The minimum absolute atomic E-state index is 0.0301.